The van der Waals surface area contributed by atoms with E-state index in [1.807, 2.05) is 18.5 Å². The van der Waals surface area contributed by atoms with Crippen LogP contribution in [0.1, 0.15) is 18.4 Å². The molecule has 3 aromatic heterocycles. The topological polar surface area (TPSA) is 73.3 Å². The van der Waals surface area contributed by atoms with Crippen LogP contribution in [0.25, 0.3) is 22.2 Å². The first-order valence-electron chi connectivity index (χ1n) is 9.19. The Hall–Kier alpha value is -2.80. The highest BCUT2D eigenvalue weighted by Crippen LogP contribution is 2.29. The number of rotatable bonds is 6. The molecule has 3 aromatic rings. The Bertz CT molecular complexity index is 941. The molecule has 1 aliphatic heterocycles. The third-order valence-electron chi connectivity index (χ3n) is 4.92. The van der Waals surface area contributed by atoms with Crippen LogP contribution in [0.4, 0.5) is 0 Å². The number of aromatic nitrogens is 4. The monoisotopic (exact) mass is 365 g/mol. The molecule has 1 fully saturated rings. The number of hydrogen-bond donors (Lipinski definition) is 0. The second-order valence-electron chi connectivity index (χ2n) is 6.68. The van der Waals surface area contributed by atoms with Gasteiger partial charge in [0.15, 0.2) is 0 Å². The molecule has 0 N–H and O–H groups in total. The fourth-order valence-electron chi connectivity index (χ4n) is 3.42. The molecular weight excluding hydrogens is 342 g/mol. The van der Waals surface area contributed by atoms with Gasteiger partial charge in [-0.3, -0.25) is 9.97 Å². The minimum atomic E-state index is 0.269. The van der Waals surface area contributed by atoms with E-state index in [2.05, 4.69) is 30.9 Å². The summed E-state index contributed by atoms with van der Waals surface area (Å²) in [6, 6.07) is 4.38. The molecule has 0 aliphatic carbocycles. The van der Waals surface area contributed by atoms with Crippen molar-refractivity contribution in [2.45, 2.75) is 19.3 Å². The molecule has 140 valence electrons. The van der Waals surface area contributed by atoms with E-state index in [-0.39, 0.29) is 6.01 Å². The average Bonchev–Trinajstić information content (AvgIpc) is 3.25. The summed E-state index contributed by atoms with van der Waals surface area (Å²) in [5.74, 6) is 0.449. The zero-order valence-corrected chi connectivity index (χ0v) is 15.7. The van der Waals surface area contributed by atoms with E-state index < -0.39 is 0 Å². The van der Waals surface area contributed by atoms with Gasteiger partial charge in [0, 0.05) is 30.7 Å². The maximum atomic E-state index is 5.37. The summed E-state index contributed by atoms with van der Waals surface area (Å²) in [5.41, 5.74) is 4.58. The Balaban J connectivity index is 1.58. The van der Waals surface area contributed by atoms with Gasteiger partial charge in [0.1, 0.15) is 0 Å². The molecule has 7 heteroatoms. The molecule has 0 bridgehead atoms. The van der Waals surface area contributed by atoms with Gasteiger partial charge >= 0.3 is 6.01 Å². The molecular formula is C20H23N5O2. The van der Waals surface area contributed by atoms with E-state index in [1.165, 1.54) is 38.6 Å². The van der Waals surface area contributed by atoms with Crippen molar-refractivity contribution in [3.8, 4) is 23.0 Å². The summed E-state index contributed by atoms with van der Waals surface area (Å²) >= 11 is 0. The molecule has 0 atom stereocenters. The highest BCUT2D eigenvalue weighted by molar-refractivity contribution is 5.81. The molecule has 4 rings (SSSR count). The molecule has 0 unspecified atom stereocenters. The van der Waals surface area contributed by atoms with Crippen LogP contribution in [0.5, 0.6) is 11.9 Å². The van der Waals surface area contributed by atoms with Gasteiger partial charge < -0.3 is 14.4 Å². The van der Waals surface area contributed by atoms with Crippen molar-refractivity contribution >= 4 is 11.0 Å². The Labute approximate surface area is 158 Å². The third-order valence-corrected chi connectivity index (χ3v) is 4.92. The number of ether oxygens (including phenoxy) is 2. The Morgan fingerprint density at radius 3 is 2.48 bits per heavy atom. The number of fused-ring (bicyclic) bond motifs is 1. The number of methoxy groups -OCH3 is 2. The van der Waals surface area contributed by atoms with Crippen LogP contribution in [0.3, 0.4) is 0 Å². The highest BCUT2D eigenvalue weighted by Gasteiger charge is 2.13. The minimum Gasteiger partial charge on any atom is -0.480 e. The molecule has 0 amide bonds. The Morgan fingerprint density at radius 1 is 0.926 bits per heavy atom. The first kappa shape index (κ1) is 17.6. The predicted molar refractivity (Wildman–Crippen MR) is 103 cm³/mol. The lowest BCUT2D eigenvalue weighted by Crippen LogP contribution is -2.21. The van der Waals surface area contributed by atoms with Crippen molar-refractivity contribution in [1.82, 2.24) is 24.8 Å². The second kappa shape index (κ2) is 7.84. The fourth-order valence-corrected chi connectivity index (χ4v) is 3.42. The van der Waals surface area contributed by atoms with Gasteiger partial charge in [0.25, 0.3) is 0 Å². The van der Waals surface area contributed by atoms with Crippen LogP contribution >= 0.6 is 0 Å². The van der Waals surface area contributed by atoms with Gasteiger partial charge in [-0.25, -0.2) is 4.98 Å². The molecule has 0 aromatic carbocycles. The van der Waals surface area contributed by atoms with E-state index in [4.69, 9.17) is 9.47 Å². The lowest BCUT2D eigenvalue weighted by atomic mass is 10.1. The summed E-state index contributed by atoms with van der Waals surface area (Å²) in [6.45, 7) is 3.52. The van der Waals surface area contributed by atoms with Gasteiger partial charge in [-0.15, -0.1) is 0 Å². The van der Waals surface area contributed by atoms with Crippen LogP contribution in [0, 0.1) is 0 Å². The van der Waals surface area contributed by atoms with E-state index in [0.717, 1.165) is 35.1 Å². The molecule has 0 radical (unpaired) electrons. The standard InChI is InChI=1S/C20H23N5O2/c1-26-19-16(13-23-20(24-19)27-2)15-10-18-17(22-12-15)9-14(11-21-18)5-8-25-6-3-4-7-25/h9-13H,3-8H2,1-2H3. The molecule has 1 saturated heterocycles. The lowest BCUT2D eigenvalue weighted by Gasteiger charge is -2.14. The SMILES string of the molecule is COc1ncc(-c2cnc3cc(CCN4CCCC4)cnc3c2)c(OC)n1. The first-order valence-corrected chi connectivity index (χ1v) is 9.19. The Morgan fingerprint density at radius 2 is 1.70 bits per heavy atom. The second-order valence-corrected chi connectivity index (χ2v) is 6.68. The summed E-state index contributed by atoms with van der Waals surface area (Å²) in [5, 5.41) is 0. The number of nitrogens with zero attached hydrogens (tertiary/aromatic N) is 5. The quantitative estimate of drug-likeness (QED) is 0.665. The number of likely N-dealkylation sites (tertiary alicyclic amines) is 1. The minimum absolute atomic E-state index is 0.269. The van der Waals surface area contributed by atoms with Crippen molar-refractivity contribution in [3.05, 3.63) is 36.3 Å². The van der Waals surface area contributed by atoms with Crippen molar-refractivity contribution < 1.29 is 9.47 Å². The number of hydrogen-bond acceptors (Lipinski definition) is 7. The maximum Gasteiger partial charge on any atom is 0.319 e. The van der Waals surface area contributed by atoms with Gasteiger partial charge in [0.2, 0.25) is 5.88 Å². The zero-order valence-electron chi connectivity index (χ0n) is 15.7. The smallest absolute Gasteiger partial charge is 0.319 e. The number of pyridine rings is 2. The predicted octanol–water partition coefficient (Wildman–Crippen LogP) is 2.74. The van der Waals surface area contributed by atoms with Crippen LogP contribution in [-0.2, 0) is 6.42 Å². The molecule has 4 heterocycles. The summed E-state index contributed by atoms with van der Waals surface area (Å²) in [6.07, 6.45) is 9.08. The normalized spacial score (nSPS) is 14.6. The van der Waals surface area contributed by atoms with Gasteiger partial charge in [-0.05, 0) is 50.0 Å². The highest BCUT2D eigenvalue weighted by atomic mass is 16.5. The van der Waals surface area contributed by atoms with Crippen LogP contribution in [0.15, 0.2) is 30.7 Å². The average molecular weight is 365 g/mol. The molecule has 27 heavy (non-hydrogen) atoms. The molecule has 7 nitrogen and oxygen atoms in total. The van der Waals surface area contributed by atoms with Crippen molar-refractivity contribution in [3.63, 3.8) is 0 Å². The van der Waals surface area contributed by atoms with Crippen molar-refractivity contribution in [1.29, 1.82) is 0 Å². The van der Waals surface area contributed by atoms with E-state index in [9.17, 15) is 0 Å². The molecule has 1 aliphatic rings. The van der Waals surface area contributed by atoms with Gasteiger partial charge in [0.05, 0.1) is 30.8 Å². The van der Waals surface area contributed by atoms with Crippen LogP contribution < -0.4 is 9.47 Å². The van der Waals surface area contributed by atoms with E-state index >= 15 is 0 Å². The fraction of sp³-hybridized carbons (Fsp3) is 0.400. The van der Waals surface area contributed by atoms with Crippen molar-refractivity contribution in [2.75, 3.05) is 33.9 Å². The third kappa shape index (κ3) is 3.83. The van der Waals surface area contributed by atoms with Gasteiger partial charge in [-0.1, -0.05) is 0 Å². The van der Waals surface area contributed by atoms with E-state index in [1.54, 1.807) is 13.3 Å². The summed E-state index contributed by atoms with van der Waals surface area (Å²) in [4.78, 5) is 20.1. The van der Waals surface area contributed by atoms with E-state index in [0.29, 0.717) is 5.88 Å². The van der Waals surface area contributed by atoms with Crippen molar-refractivity contribution in [2.24, 2.45) is 0 Å². The Kier molecular flexibility index (Phi) is 5.11. The van der Waals surface area contributed by atoms with Crippen LogP contribution in [0.2, 0.25) is 0 Å². The maximum absolute atomic E-state index is 5.37. The molecule has 0 saturated carbocycles. The summed E-state index contributed by atoms with van der Waals surface area (Å²) < 4.78 is 10.4. The summed E-state index contributed by atoms with van der Waals surface area (Å²) in [7, 11) is 3.10. The van der Waals surface area contributed by atoms with Gasteiger partial charge in [-0.2, -0.15) is 4.98 Å². The largest absolute Gasteiger partial charge is 0.480 e. The zero-order chi connectivity index (χ0) is 18.6. The first-order chi connectivity index (χ1) is 13.3. The lowest BCUT2D eigenvalue weighted by molar-refractivity contribution is 0.343. The van der Waals surface area contributed by atoms with Crippen LogP contribution in [-0.4, -0.2) is 58.7 Å². The molecule has 0 spiro atoms.